The molecule has 1 aromatic carbocycles. The van der Waals surface area contributed by atoms with Gasteiger partial charge in [-0.3, -0.25) is 0 Å². The van der Waals surface area contributed by atoms with Crippen molar-refractivity contribution in [3.63, 3.8) is 0 Å². The first kappa shape index (κ1) is 12.1. The molecule has 2 aromatic rings. The van der Waals surface area contributed by atoms with Crippen LogP contribution in [0.4, 0.5) is 0 Å². The van der Waals surface area contributed by atoms with E-state index in [1.165, 1.54) is 0 Å². The zero-order valence-corrected chi connectivity index (χ0v) is 10.2. The predicted octanol–water partition coefficient (Wildman–Crippen LogP) is 3.14. The summed E-state index contributed by atoms with van der Waals surface area (Å²) in [7, 11) is 0. The van der Waals surface area contributed by atoms with Crippen molar-refractivity contribution < 1.29 is 14.4 Å². The van der Waals surface area contributed by atoms with Crippen LogP contribution >= 0.6 is 0 Å². The number of allylic oxidation sites excluding steroid dienone is 1. The minimum atomic E-state index is -0.980. The van der Waals surface area contributed by atoms with Gasteiger partial charge in [0.15, 0.2) is 0 Å². The molecule has 1 heterocycles. The molecule has 0 spiro atoms. The van der Waals surface area contributed by atoms with Crippen molar-refractivity contribution in [2.45, 2.75) is 13.8 Å². The second-order valence-corrected chi connectivity index (χ2v) is 3.99. The van der Waals surface area contributed by atoms with Crippen molar-refractivity contribution >= 4 is 11.5 Å². The highest BCUT2D eigenvalue weighted by molar-refractivity contribution is 5.92. The number of hydrogen-bond donors (Lipinski definition) is 1. The molecule has 1 aromatic heterocycles. The Morgan fingerprint density at radius 3 is 2.61 bits per heavy atom. The number of benzene rings is 1. The van der Waals surface area contributed by atoms with Crippen LogP contribution in [-0.4, -0.2) is 16.2 Å². The maximum atomic E-state index is 10.7. The molecule has 1 N–H and O–H groups in total. The van der Waals surface area contributed by atoms with E-state index in [-0.39, 0.29) is 0 Å². The van der Waals surface area contributed by atoms with E-state index in [1.807, 2.05) is 30.3 Å². The molecule has 0 fully saturated rings. The van der Waals surface area contributed by atoms with Crippen LogP contribution in [0.15, 0.2) is 40.9 Å². The lowest BCUT2D eigenvalue weighted by atomic mass is 10.0. The summed E-state index contributed by atoms with van der Waals surface area (Å²) in [5.41, 5.74) is 2.94. The van der Waals surface area contributed by atoms with Gasteiger partial charge in [-0.05, 0) is 19.4 Å². The van der Waals surface area contributed by atoms with Crippen LogP contribution in [0.1, 0.15) is 18.2 Å². The van der Waals surface area contributed by atoms with Gasteiger partial charge in [-0.15, -0.1) is 0 Å². The van der Waals surface area contributed by atoms with Gasteiger partial charge in [-0.1, -0.05) is 35.5 Å². The lowest BCUT2D eigenvalue weighted by Gasteiger charge is -2.02. The molecule has 2 rings (SSSR count). The average molecular weight is 243 g/mol. The normalized spacial score (nSPS) is 11.6. The standard InChI is InChI=1S/C14H13NO3/c1-9(8-12(16)17)13-10(2)18-15-14(13)11-6-4-3-5-7-11/h3-8H,1-2H3,(H,16,17). The molecule has 4 heteroatoms. The molecule has 0 atom stereocenters. The van der Waals surface area contributed by atoms with Crippen LogP contribution in [0.25, 0.3) is 16.8 Å². The Kier molecular flexibility index (Phi) is 3.28. The Morgan fingerprint density at radius 2 is 2.00 bits per heavy atom. The van der Waals surface area contributed by atoms with Crippen LogP contribution in [0.5, 0.6) is 0 Å². The van der Waals surface area contributed by atoms with Crippen LogP contribution in [0.2, 0.25) is 0 Å². The summed E-state index contributed by atoms with van der Waals surface area (Å²) >= 11 is 0. The highest BCUT2D eigenvalue weighted by Gasteiger charge is 2.16. The highest BCUT2D eigenvalue weighted by Crippen LogP contribution is 2.30. The average Bonchev–Trinajstić information content (AvgIpc) is 2.71. The summed E-state index contributed by atoms with van der Waals surface area (Å²) in [5, 5.41) is 12.8. The maximum Gasteiger partial charge on any atom is 0.328 e. The van der Waals surface area contributed by atoms with Gasteiger partial charge in [0, 0.05) is 17.2 Å². The summed E-state index contributed by atoms with van der Waals surface area (Å²) in [4.78, 5) is 10.7. The number of rotatable bonds is 3. The zero-order chi connectivity index (χ0) is 13.1. The summed E-state index contributed by atoms with van der Waals surface area (Å²) in [6.45, 7) is 3.51. The van der Waals surface area contributed by atoms with Crippen molar-refractivity contribution in [3.8, 4) is 11.3 Å². The van der Waals surface area contributed by atoms with Crippen molar-refractivity contribution in [1.29, 1.82) is 0 Å². The van der Waals surface area contributed by atoms with Gasteiger partial charge >= 0.3 is 5.97 Å². The number of aliphatic carboxylic acids is 1. The highest BCUT2D eigenvalue weighted by atomic mass is 16.5. The van der Waals surface area contributed by atoms with E-state index in [2.05, 4.69) is 5.16 Å². The minimum Gasteiger partial charge on any atom is -0.478 e. The molecule has 92 valence electrons. The molecule has 18 heavy (non-hydrogen) atoms. The van der Waals surface area contributed by atoms with Crippen molar-refractivity contribution in [2.24, 2.45) is 0 Å². The second kappa shape index (κ2) is 4.87. The first-order valence-corrected chi connectivity index (χ1v) is 5.53. The molecule has 0 saturated carbocycles. The molecule has 0 radical (unpaired) electrons. The topological polar surface area (TPSA) is 63.3 Å². The molecule has 0 amide bonds. The number of hydrogen-bond acceptors (Lipinski definition) is 3. The van der Waals surface area contributed by atoms with E-state index in [4.69, 9.17) is 9.63 Å². The molecule has 0 aliphatic heterocycles. The van der Waals surface area contributed by atoms with Crippen molar-refractivity contribution in [1.82, 2.24) is 5.16 Å². The van der Waals surface area contributed by atoms with Gasteiger partial charge in [0.05, 0.1) is 0 Å². The van der Waals surface area contributed by atoms with E-state index in [0.29, 0.717) is 17.0 Å². The smallest absolute Gasteiger partial charge is 0.328 e. The van der Waals surface area contributed by atoms with E-state index >= 15 is 0 Å². The Bertz CT molecular complexity index is 597. The Hall–Kier alpha value is -2.36. The Morgan fingerprint density at radius 1 is 1.33 bits per heavy atom. The van der Waals surface area contributed by atoms with Gasteiger partial charge in [0.1, 0.15) is 11.5 Å². The van der Waals surface area contributed by atoms with Crippen molar-refractivity contribution in [2.75, 3.05) is 0 Å². The Labute approximate surface area is 105 Å². The second-order valence-electron chi connectivity index (χ2n) is 3.99. The summed E-state index contributed by atoms with van der Waals surface area (Å²) in [5.74, 6) is -0.365. The van der Waals surface area contributed by atoms with Gasteiger partial charge in [0.25, 0.3) is 0 Å². The van der Waals surface area contributed by atoms with Gasteiger partial charge in [0.2, 0.25) is 0 Å². The van der Waals surface area contributed by atoms with E-state index in [1.54, 1.807) is 13.8 Å². The first-order valence-electron chi connectivity index (χ1n) is 5.53. The fourth-order valence-corrected chi connectivity index (χ4v) is 1.89. The fourth-order valence-electron chi connectivity index (χ4n) is 1.89. The molecule has 0 aliphatic carbocycles. The minimum absolute atomic E-state index is 0.615. The maximum absolute atomic E-state index is 10.7. The summed E-state index contributed by atoms with van der Waals surface area (Å²) in [6.07, 6.45) is 1.16. The summed E-state index contributed by atoms with van der Waals surface area (Å²) in [6, 6.07) is 9.54. The number of aromatic nitrogens is 1. The molecular weight excluding hydrogens is 230 g/mol. The number of carbonyl (C=O) groups is 1. The Balaban J connectivity index is 2.56. The van der Waals surface area contributed by atoms with E-state index < -0.39 is 5.97 Å². The van der Waals surface area contributed by atoms with Crippen molar-refractivity contribution in [3.05, 3.63) is 47.7 Å². The van der Waals surface area contributed by atoms with Crippen LogP contribution in [0, 0.1) is 6.92 Å². The van der Waals surface area contributed by atoms with Crippen LogP contribution in [0.3, 0.4) is 0 Å². The number of aryl methyl sites for hydroxylation is 1. The predicted molar refractivity (Wildman–Crippen MR) is 68.0 cm³/mol. The van der Waals surface area contributed by atoms with E-state index in [0.717, 1.165) is 17.2 Å². The number of nitrogens with zero attached hydrogens (tertiary/aromatic N) is 1. The lowest BCUT2D eigenvalue weighted by molar-refractivity contribution is -0.131. The molecule has 0 aliphatic rings. The lowest BCUT2D eigenvalue weighted by Crippen LogP contribution is -1.92. The van der Waals surface area contributed by atoms with Gasteiger partial charge in [-0.25, -0.2) is 4.79 Å². The molecule has 0 unspecified atom stereocenters. The SMILES string of the molecule is CC(=CC(=O)O)c1c(-c2ccccc2)noc1C. The molecular formula is C14H13NO3. The molecule has 0 saturated heterocycles. The third-order valence-electron chi connectivity index (χ3n) is 2.64. The van der Waals surface area contributed by atoms with Gasteiger partial charge in [-0.2, -0.15) is 0 Å². The summed E-state index contributed by atoms with van der Waals surface area (Å²) < 4.78 is 5.17. The fraction of sp³-hybridized carbons (Fsp3) is 0.143. The van der Waals surface area contributed by atoms with E-state index in [9.17, 15) is 4.79 Å². The quantitative estimate of drug-likeness (QED) is 0.841. The monoisotopic (exact) mass is 243 g/mol. The third kappa shape index (κ3) is 2.32. The third-order valence-corrected chi connectivity index (χ3v) is 2.64. The first-order chi connectivity index (χ1) is 8.59. The molecule has 0 bridgehead atoms. The molecule has 4 nitrogen and oxygen atoms in total. The van der Waals surface area contributed by atoms with Crippen LogP contribution in [-0.2, 0) is 4.79 Å². The number of carboxylic acid groups (broad SMARTS) is 1. The zero-order valence-electron chi connectivity index (χ0n) is 10.2. The number of carboxylic acids is 1. The largest absolute Gasteiger partial charge is 0.478 e. The van der Waals surface area contributed by atoms with Crippen LogP contribution < -0.4 is 0 Å². The van der Waals surface area contributed by atoms with Gasteiger partial charge < -0.3 is 9.63 Å².